The Hall–Kier alpha value is -2.17. The SMILES string of the molecule is Clc1nc(Oc2cccc3ccccc23)c2sccc2n1. The van der Waals surface area contributed by atoms with E-state index >= 15 is 0 Å². The summed E-state index contributed by atoms with van der Waals surface area (Å²) in [6.45, 7) is 0. The van der Waals surface area contributed by atoms with Gasteiger partial charge >= 0.3 is 0 Å². The minimum Gasteiger partial charge on any atom is -0.437 e. The van der Waals surface area contributed by atoms with Crippen LogP contribution in [-0.2, 0) is 0 Å². The number of aromatic nitrogens is 2. The van der Waals surface area contributed by atoms with Gasteiger partial charge in [0.2, 0.25) is 11.2 Å². The molecular weight excluding hydrogens is 304 g/mol. The summed E-state index contributed by atoms with van der Waals surface area (Å²) in [7, 11) is 0. The van der Waals surface area contributed by atoms with Crippen molar-refractivity contribution >= 4 is 43.9 Å². The summed E-state index contributed by atoms with van der Waals surface area (Å²) in [5.74, 6) is 1.26. The Kier molecular flexibility index (Phi) is 2.98. The molecule has 0 aliphatic heterocycles. The van der Waals surface area contributed by atoms with Crippen LogP contribution in [0.25, 0.3) is 21.0 Å². The van der Waals surface area contributed by atoms with Gasteiger partial charge in [-0.05, 0) is 34.5 Å². The third kappa shape index (κ3) is 2.22. The van der Waals surface area contributed by atoms with Gasteiger partial charge in [0.1, 0.15) is 10.4 Å². The number of rotatable bonds is 2. The summed E-state index contributed by atoms with van der Waals surface area (Å²) in [6.07, 6.45) is 0. The molecule has 0 atom stereocenters. The molecule has 0 aliphatic carbocycles. The van der Waals surface area contributed by atoms with E-state index in [1.54, 1.807) is 0 Å². The van der Waals surface area contributed by atoms with Crippen LogP contribution in [0.3, 0.4) is 0 Å². The fourth-order valence-corrected chi connectivity index (χ4v) is 3.19. The van der Waals surface area contributed by atoms with E-state index < -0.39 is 0 Å². The van der Waals surface area contributed by atoms with Crippen LogP contribution in [0.15, 0.2) is 53.9 Å². The number of hydrogen-bond donors (Lipinski definition) is 0. The molecule has 2 heterocycles. The third-order valence-electron chi connectivity index (χ3n) is 3.20. The predicted octanol–water partition coefficient (Wildman–Crippen LogP) is 5.29. The van der Waals surface area contributed by atoms with E-state index in [9.17, 15) is 0 Å². The van der Waals surface area contributed by atoms with Gasteiger partial charge in [-0.3, -0.25) is 0 Å². The number of nitrogens with zero attached hydrogens (tertiary/aromatic N) is 2. The van der Waals surface area contributed by atoms with Crippen molar-refractivity contribution in [2.24, 2.45) is 0 Å². The van der Waals surface area contributed by atoms with E-state index in [1.807, 2.05) is 41.8 Å². The average Bonchev–Trinajstić information content (AvgIpc) is 2.96. The van der Waals surface area contributed by atoms with Gasteiger partial charge in [-0.1, -0.05) is 36.4 Å². The monoisotopic (exact) mass is 312 g/mol. The van der Waals surface area contributed by atoms with Gasteiger partial charge in [-0.2, -0.15) is 4.98 Å². The van der Waals surface area contributed by atoms with Crippen molar-refractivity contribution in [3.05, 3.63) is 59.2 Å². The zero-order valence-corrected chi connectivity index (χ0v) is 12.4. The van der Waals surface area contributed by atoms with Gasteiger partial charge in [-0.15, -0.1) is 11.3 Å². The molecule has 4 rings (SSSR count). The van der Waals surface area contributed by atoms with E-state index in [2.05, 4.69) is 22.1 Å². The van der Waals surface area contributed by atoms with E-state index in [0.717, 1.165) is 26.7 Å². The van der Waals surface area contributed by atoms with Crippen LogP contribution < -0.4 is 4.74 Å². The van der Waals surface area contributed by atoms with Crippen LogP contribution in [0.2, 0.25) is 5.28 Å². The zero-order chi connectivity index (χ0) is 14.2. The smallest absolute Gasteiger partial charge is 0.241 e. The van der Waals surface area contributed by atoms with Crippen LogP contribution >= 0.6 is 22.9 Å². The van der Waals surface area contributed by atoms with Gasteiger partial charge in [0.25, 0.3) is 0 Å². The minimum atomic E-state index is 0.191. The van der Waals surface area contributed by atoms with Crippen molar-refractivity contribution in [2.45, 2.75) is 0 Å². The Morgan fingerprint density at radius 3 is 2.76 bits per heavy atom. The van der Waals surface area contributed by atoms with E-state index in [-0.39, 0.29) is 5.28 Å². The number of thiophene rings is 1. The predicted molar refractivity (Wildman–Crippen MR) is 86.4 cm³/mol. The number of benzene rings is 2. The van der Waals surface area contributed by atoms with Crippen molar-refractivity contribution in [2.75, 3.05) is 0 Å². The molecule has 102 valence electrons. The van der Waals surface area contributed by atoms with E-state index in [1.165, 1.54) is 11.3 Å². The molecule has 0 N–H and O–H groups in total. The Bertz CT molecular complexity index is 946. The lowest BCUT2D eigenvalue weighted by Gasteiger charge is -2.08. The summed E-state index contributed by atoms with van der Waals surface area (Å²) in [4.78, 5) is 8.40. The Labute approximate surface area is 129 Å². The summed E-state index contributed by atoms with van der Waals surface area (Å²) >= 11 is 7.51. The van der Waals surface area contributed by atoms with Crippen LogP contribution in [0, 0.1) is 0 Å². The van der Waals surface area contributed by atoms with Gasteiger partial charge in [0.05, 0.1) is 5.52 Å². The highest BCUT2D eigenvalue weighted by Gasteiger charge is 2.11. The molecule has 0 fully saturated rings. The molecule has 0 bridgehead atoms. The maximum Gasteiger partial charge on any atom is 0.241 e. The molecular formula is C16H9ClN2OS. The van der Waals surface area contributed by atoms with Gasteiger partial charge in [-0.25, -0.2) is 4.98 Å². The Morgan fingerprint density at radius 2 is 1.81 bits per heavy atom. The quantitative estimate of drug-likeness (QED) is 0.472. The molecule has 21 heavy (non-hydrogen) atoms. The van der Waals surface area contributed by atoms with Crippen LogP contribution in [0.4, 0.5) is 0 Å². The third-order valence-corrected chi connectivity index (χ3v) is 4.26. The maximum absolute atomic E-state index is 6.02. The normalized spacial score (nSPS) is 11.1. The second kappa shape index (κ2) is 4.98. The number of fused-ring (bicyclic) bond motifs is 2. The van der Waals surface area contributed by atoms with Gasteiger partial charge < -0.3 is 4.74 Å². The summed E-state index contributed by atoms with van der Waals surface area (Å²) in [6, 6.07) is 15.9. The first-order valence-corrected chi connectivity index (χ1v) is 7.63. The fourth-order valence-electron chi connectivity index (χ4n) is 2.27. The summed E-state index contributed by atoms with van der Waals surface area (Å²) < 4.78 is 6.91. The van der Waals surface area contributed by atoms with Crippen molar-refractivity contribution in [3.8, 4) is 11.6 Å². The van der Waals surface area contributed by atoms with Gasteiger partial charge in [0, 0.05) is 5.39 Å². The minimum absolute atomic E-state index is 0.191. The second-order valence-electron chi connectivity index (χ2n) is 4.51. The first-order valence-electron chi connectivity index (χ1n) is 6.37. The maximum atomic E-state index is 6.02. The second-order valence-corrected chi connectivity index (χ2v) is 5.77. The van der Waals surface area contributed by atoms with Crippen LogP contribution in [0.1, 0.15) is 0 Å². The van der Waals surface area contributed by atoms with Crippen LogP contribution in [0.5, 0.6) is 11.6 Å². The van der Waals surface area contributed by atoms with Crippen molar-refractivity contribution in [1.29, 1.82) is 0 Å². The molecule has 2 aromatic heterocycles. The zero-order valence-electron chi connectivity index (χ0n) is 10.8. The lowest BCUT2D eigenvalue weighted by molar-refractivity contribution is 0.474. The summed E-state index contributed by atoms with van der Waals surface area (Å²) in [5, 5.41) is 4.30. The molecule has 0 aliphatic rings. The molecule has 4 aromatic rings. The van der Waals surface area contributed by atoms with Crippen molar-refractivity contribution in [3.63, 3.8) is 0 Å². The van der Waals surface area contributed by atoms with Crippen molar-refractivity contribution in [1.82, 2.24) is 9.97 Å². The summed E-state index contributed by atoms with van der Waals surface area (Å²) in [5.41, 5.74) is 0.801. The molecule has 0 unspecified atom stereocenters. The highest BCUT2D eigenvalue weighted by Crippen LogP contribution is 2.35. The van der Waals surface area contributed by atoms with E-state index in [4.69, 9.17) is 16.3 Å². The van der Waals surface area contributed by atoms with E-state index in [0.29, 0.717) is 5.88 Å². The fraction of sp³-hybridized carbons (Fsp3) is 0. The molecule has 0 saturated heterocycles. The number of hydrogen-bond acceptors (Lipinski definition) is 4. The lowest BCUT2D eigenvalue weighted by atomic mass is 10.1. The largest absolute Gasteiger partial charge is 0.437 e. The molecule has 0 spiro atoms. The number of ether oxygens (including phenoxy) is 1. The molecule has 0 radical (unpaired) electrons. The first kappa shape index (κ1) is 12.6. The molecule has 0 saturated carbocycles. The lowest BCUT2D eigenvalue weighted by Crippen LogP contribution is -1.91. The topological polar surface area (TPSA) is 35.0 Å². The highest BCUT2D eigenvalue weighted by atomic mass is 35.5. The van der Waals surface area contributed by atoms with Crippen LogP contribution in [-0.4, -0.2) is 9.97 Å². The molecule has 3 nitrogen and oxygen atoms in total. The first-order chi connectivity index (χ1) is 10.3. The average molecular weight is 313 g/mol. The standard InChI is InChI=1S/C16H9ClN2OS/c17-16-18-12-8-9-21-14(12)15(19-16)20-13-7-3-5-10-4-1-2-6-11(10)13/h1-9H. The molecule has 2 aromatic carbocycles. The molecule has 5 heteroatoms. The highest BCUT2D eigenvalue weighted by molar-refractivity contribution is 7.17. The van der Waals surface area contributed by atoms with Crippen molar-refractivity contribution < 1.29 is 4.74 Å². The van der Waals surface area contributed by atoms with Gasteiger partial charge in [0.15, 0.2) is 0 Å². The Balaban J connectivity index is 1.89. The Morgan fingerprint density at radius 1 is 0.952 bits per heavy atom. The molecule has 0 amide bonds. The number of halogens is 1.